The fourth-order valence-electron chi connectivity index (χ4n) is 2.21. The highest BCUT2D eigenvalue weighted by Crippen LogP contribution is 2.26. The Morgan fingerprint density at radius 2 is 2.10 bits per heavy atom. The van der Waals surface area contributed by atoms with Gasteiger partial charge in [0.05, 0.1) is 16.8 Å². The molecule has 3 aromatic rings. The Bertz CT molecular complexity index is 689. The van der Waals surface area contributed by atoms with Gasteiger partial charge in [0.25, 0.3) is 0 Å². The monoisotopic (exact) mass is 361 g/mol. The molecule has 2 N–H and O–H groups in total. The molecule has 0 aliphatic rings. The van der Waals surface area contributed by atoms with Gasteiger partial charge < -0.3 is 5.32 Å². The number of aromatic nitrogens is 2. The molecule has 0 spiro atoms. The van der Waals surface area contributed by atoms with E-state index in [1.165, 1.54) is 16.0 Å². The van der Waals surface area contributed by atoms with Gasteiger partial charge in [-0.3, -0.25) is 5.10 Å². The van der Waals surface area contributed by atoms with E-state index in [-0.39, 0.29) is 0 Å². The molecule has 21 heavy (non-hydrogen) atoms. The lowest BCUT2D eigenvalue weighted by molar-refractivity contribution is 0.575. The van der Waals surface area contributed by atoms with Crippen LogP contribution in [-0.2, 0) is 6.54 Å². The Balaban J connectivity index is 1.68. The highest BCUT2D eigenvalue weighted by Gasteiger charge is 2.10. The van der Waals surface area contributed by atoms with Gasteiger partial charge in [0, 0.05) is 22.6 Å². The summed E-state index contributed by atoms with van der Waals surface area (Å²) in [6, 6.07) is 12.9. The molecule has 0 radical (unpaired) electrons. The van der Waals surface area contributed by atoms with E-state index < -0.39 is 0 Å². The topological polar surface area (TPSA) is 40.7 Å². The molecule has 1 aromatic carbocycles. The SMILES string of the molecule is CC(NCc1cn[nH]c1-c1cccs1)c1ccc(Br)cc1. The first-order chi connectivity index (χ1) is 10.2. The molecule has 0 amide bonds. The number of rotatable bonds is 5. The lowest BCUT2D eigenvalue weighted by Crippen LogP contribution is -2.18. The second-order valence-corrected chi connectivity index (χ2v) is 6.77. The van der Waals surface area contributed by atoms with Gasteiger partial charge in [-0.1, -0.05) is 34.1 Å². The van der Waals surface area contributed by atoms with Crippen molar-refractivity contribution in [1.82, 2.24) is 15.5 Å². The number of hydrogen-bond acceptors (Lipinski definition) is 3. The van der Waals surface area contributed by atoms with Crippen molar-refractivity contribution in [2.75, 3.05) is 0 Å². The smallest absolute Gasteiger partial charge is 0.0794 e. The van der Waals surface area contributed by atoms with Crippen molar-refractivity contribution in [2.24, 2.45) is 0 Å². The van der Waals surface area contributed by atoms with Crippen LogP contribution in [0.2, 0.25) is 0 Å². The van der Waals surface area contributed by atoms with Crippen LogP contribution >= 0.6 is 27.3 Å². The fraction of sp³-hybridized carbons (Fsp3) is 0.188. The standard InChI is InChI=1S/C16H16BrN3S/c1-11(12-4-6-14(17)7-5-12)18-9-13-10-19-20-16(13)15-3-2-8-21-15/h2-8,10-11,18H,9H2,1H3,(H,19,20). The van der Waals surface area contributed by atoms with E-state index in [2.05, 4.69) is 80.1 Å². The lowest BCUT2D eigenvalue weighted by atomic mass is 10.1. The summed E-state index contributed by atoms with van der Waals surface area (Å²) in [5, 5.41) is 12.9. The molecule has 0 aliphatic carbocycles. The minimum absolute atomic E-state index is 0.296. The molecule has 0 saturated heterocycles. The second-order valence-electron chi connectivity index (χ2n) is 4.90. The summed E-state index contributed by atoms with van der Waals surface area (Å²) in [5.74, 6) is 0. The van der Waals surface area contributed by atoms with Crippen LogP contribution < -0.4 is 5.32 Å². The first-order valence-corrected chi connectivity index (χ1v) is 8.46. The second kappa shape index (κ2) is 6.56. The zero-order chi connectivity index (χ0) is 14.7. The van der Waals surface area contributed by atoms with Crippen molar-refractivity contribution in [3.8, 4) is 10.6 Å². The first-order valence-electron chi connectivity index (χ1n) is 6.79. The summed E-state index contributed by atoms with van der Waals surface area (Å²) < 4.78 is 1.10. The summed E-state index contributed by atoms with van der Waals surface area (Å²) in [6.07, 6.45) is 1.90. The van der Waals surface area contributed by atoms with Crippen LogP contribution in [-0.4, -0.2) is 10.2 Å². The van der Waals surface area contributed by atoms with Crippen LogP contribution in [0.15, 0.2) is 52.4 Å². The molecule has 0 aliphatic heterocycles. The van der Waals surface area contributed by atoms with Crippen molar-refractivity contribution in [3.63, 3.8) is 0 Å². The average molecular weight is 362 g/mol. The predicted octanol–water partition coefficient (Wildman–Crippen LogP) is 4.75. The molecule has 2 aromatic heterocycles. The van der Waals surface area contributed by atoms with E-state index in [0.29, 0.717) is 6.04 Å². The van der Waals surface area contributed by atoms with Crippen LogP contribution in [0.3, 0.4) is 0 Å². The van der Waals surface area contributed by atoms with Crippen molar-refractivity contribution < 1.29 is 0 Å². The normalized spacial score (nSPS) is 12.5. The maximum absolute atomic E-state index is 4.18. The van der Waals surface area contributed by atoms with Gasteiger partial charge in [-0.15, -0.1) is 11.3 Å². The number of thiophene rings is 1. The van der Waals surface area contributed by atoms with Crippen molar-refractivity contribution in [3.05, 3.63) is 63.6 Å². The van der Waals surface area contributed by atoms with Crippen molar-refractivity contribution in [1.29, 1.82) is 0 Å². The van der Waals surface area contributed by atoms with Crippen LogP contribution in [0.1, 0.15) is 24.1 Å². The number of hydrogen-bond donors (Lipinski definition) is 2. The maximum Gasteiger partial charge on any atom is 0.0794 e. The Kier molecular flexibility index (Phi) is 4.53. The molecular weight excluding hydrogens is 346 g/mol. The van der Waals surface area contributed by atoms with Crippen LogP contribution in [0.25, 0.3) is 10.6 Å². The molecule has 0 bridgehead atoms. The van der Waals surface area contributed by atoms with E-state index in [0.717, 1.165) is 16.7 Å². The van der Waals surface area contributed by atoms with E-state index in [4.69, 9.17) is 0 Å². The Labute approximate surface area is 136 Å². The third kappa shape index (κ3) is 3.43. The summed E-state index contributed by atoms with van der Waals surface area (Å²) in [4.78, 5) is 1.22. The molecule has 3 nitrogen and oxygen atoms in total. The number of H-pyrrole nitrogens is 1. The highest BCUT2D eigenvalue weighted by atomic mass is 79.9. The summed E-state index contributed by atoms with van der Waals surface area (Å²) in [6.45, 7) is 2.97. The maximum atomic E-state index is 4.18. The van der Waals surface area contributed by atoms with Gasteiger partial charge in [-0.25, -0.2) is 0 Å². The fourth-order valence-corrected chi connectivity index (χ4v) is 3.23. The summed E-state index contributed by atoms with van der Waals surface area (Å²) >= 11 is 5.19. The highest BCUT2D eigenvalue weighted by molar-refractivity contribution is 9.10. The van der Waals surface area contributed by atoms with Gasteiger partial charge in [0.15, 0.2) is 0 Å². The molecule has 3 rings (SSSR count). The molecule has 2 heterocycles. The number of aromatic amines is 1. The number of halogens is 1. The van der Waals surface area contributed by atoms with Crippen LogP contribution in [0, 0.1) is 0 Å². The van der Waals surface area contributed by atoms with Crippen LogP contribution in [0.5, 0.6) is 0 Å². The minimum Gasteiger partial charge on any atom is -0.306 e. The van der Waals surface area contributed by atoms with E-state index in [9.17, 15) is 0 Å². The Hall–Kier alpha value is -1.43. The van der Waals surface area contributed by atoms with Gasteiger partial charge in [-0.2, -0.15) is 5.10 Å². The molecule has 0 saturated carbocycles. The number of nitrogens with zero attached hydrogens (tertiary/aromatic N) is 1. The van der Waals surface area contributed by atoms with Crippen LogP contribution in [0.4, 0.5) is 0 Å². The first kappa shape index (κ1) is 14.5. The van der Waals surface area contributed by atoms with E-state index in [1.807, 2.05) is 6.20 Å². The molecule has 1 unspecified atom stereocenters. The van der Waals surface area contributed by atoms with Gasteiger partial charge in [0.2, 0.25) is 0 Å². The van der Waals surface area contributed by atoms with Gasteiger partial charge in [0.1, 0.15) is 0 Å². The molecular formula is C16H16BrN3S. The zero-order valence-corrected chi connectivity index (χ0v) is 14.0. The predicted molar refractivity (Wildman–Crippen MR) is 91.3 cm³/mol. The third-order valence-electron chi connectivity index (χ3n) is 3.45. The largest absolute Gasteiger partial charge is 0.306 e. The Morgan fingerprint density at radius 3 is 2.81 bits per heavy atom. The lowest BCUT2D eigenvalue weighted by Gasteiger charge is -2.14. The minimum atomic E-state index is 0.296. The molecule has 1 atom stereocenters. The van der Waals surface area contributed by atoms with E-state index in [1.54, 1.807) is 11.3 Å². The number of benzene rings is 1. The summed E-state index contributed by atoms with van der Waals surface area (Å²) in [5.41, 5.74) is 3.58. The number of nitrogens with one attached hydrogen (secondary N) is 2. The molecule has 108 valence electrons. The zero-order valence-electron chi connectivity index (χ0n) is 11.6. The van der Waals surface area contributed by atoms with Crippen molar-refractivity contribution >= 4 is 27.3 Å². The molecule has 0 fully saturated rings. The average Bonchev–Trinajstić information content (AvgIpc) is 3.16. The summed E-state index contributed by atoms with van der Waals surface area (Å²) in [7, 11) is 0. The molecule has 5 heteroatoms. The Morgan fingerprint density at radius 1 is 1.29 bits per heavy atom. The van der Waals surface area contributed by atoms with Crippen molar-refractivity contribution in [2.45, 2.75) is 19.5 Å². The quantitative estimate of drug-likeness (QED) is 0.688. The van der Waals surface area contributed by atoms with Gasteiger partial charge in [-0.05, 0) is 36.1 Å². The van der Waals surface area contributed by atoms with E-state index >= 15 is 0 Å². The third-order valence-corrected chi connectivity index (χ3v) is 4.87. The van der Waals surface area contributed by atoms with Gasteiger partial charge >= 0.3 is 0 Å².